The van der Waals surface area contributed by atoms with Crippen LogP contribution in [-0.4, -0.2) is 18.5 Å². The van der Waals surface area contributed by atoms with E-state index in [-0.39, 0.29) is 16.5 Å². The number of nitrogens with zero attached hydrogens (tertiary/aromatic N) is 1. The topological polar surface area (TPSA) is 85.1 Å². The van der Waals surface area contributed by atoms with Crippen molar-refractivity contribution in [2.24, 2.45) is 0 Å². The van der Waals surface area contributed by atoms with Gasteiger partial charge in [0.1, 0.15) is 9.90 Å². The lowest BCUT2D eigenvalue weighted by Crippen LogP contribution is -2.09. The number of sulfone groups is 1. The summed E-state index contributed by atoms with van der Waals surface area (Å²) < 4.78 is 28.0. The molecule has 5 nitrogen and oxygen atoms in total. The molecule has 0 unspecified atom stereocenters. The molecule has 0 saturated heterocycles. The van der Waals surface area contributed by atoms with Crippen LogP contribution < -0.4 is 11.1 Å². The number of hydrogen-bond donors (Lipinski definition) is 2. The Balaban J connectivity index is 2.23. The molecule has 0 fully saturated rings. The van der Waals surface area contributed by atoms with E-state index in [1.165, 1.54) is 10.4 Å². The van der Waals surface area contributed by atoms with Crippen LogP contribution in [-0.2, 0) is 16.4 Å². The zero-order chi connectivity index (χ0) is 14.9. The largest absolute Gasteiger partial charge is 0.382 e. The second-order valence-corrected chi connectivity index (χ2v) is 8.76. The highest BCUT2D eigenvalue weighted by Gasteiger charge is 2.23. The number of nitrogens with two attached hydrogens (primary N) is 1. The van der Waals surface area contributed by atoms with Crippen LogP contribution in [0.4, 0.5) is 10.8 Å². The van der Waals surface area contributed by atoms with Crippen molar-refractivity contribution in [3.05, 3.63) is 21.4 Å². The predicted molar refractivity (Wildman–Crippen MR) is 85.4 cm³/mol. The fraction of sp³-hybridized carbons (Fsp3) is 0.417. The van der Waals surface area contributed by atoms with Crippen molar-refractivity contribution in [3.63, 3.8) is 0 Å². The monoisotopic (exact) mass is 331 g/mol. The Bertz CT molecular complexity index is 697. The van der Waals surface area contributed by atoms with Crippen molar-refractivity contribution in [1.29, 1.82) is 0 Å². The molecule has 0 bridgehead atoms. The van der Waals surface area contributed by atoms with Crippen LogP contribution in [0, 0.1) is 13.8 Å². The Labute approximate surface area is 126 Å². The van der Waals surface area contributed by atoms with Gasteiger partial charge in [-0.3, -0.25) is 0 Å². The minimum Gasteiger partial charge on any atom is -0.382 e. The van der Waals surface area contributed by atoms with E-state index >= 15 is 0 Å². The molecule has 20 heavy (non-hydrogen) atoms. The number of hydrogen-bond acceptors (Lipinski definition) is 7. The fourth-order valence-corrected chi connectivity index (χ4v) is 4.91. The standard InChI is InChI=1S/C12H17N3O2S3/c1-4-20(16,17)10-11(13)15-19-12(10)14-6-9-5-7(2)8(3)18-9/h5,14H,4,6H2,1-3H3,(H2,13,15). The molecule has 0 amide bonds. The highest BCUT2D eigenvalue weighted by atomic mass is 32.2. The molecule has 0 aromatic carbocycles. The summed E-state index contributed by atoms with van der Waals surface area (Å²) in [6, 6.07) is 2.10. The van der Waals surface area contributed by atoms with E-state index < -0.39 is 9.84 Å². The van der Waals surface area contributed by atoms with E-state index in [1.807, 2.05) is 0 Å². The molecule has 2 aromatic heterocycles. The first kappa shape index (κ1) is 15.3. The fourth-order valence-electron chi connectivity index (χ4n) is 1.76. The normalized spacial score (nSPS) is 11.8. The molecule has 0 atom stereocenters. The average molecular weight is 331 g/mol. The molecule has 2 rings (SSSR count). The zero-order valence-electron chi connectivity index (χ0n) is 11.6. The van der Waals surface area contributed by atoms with Gasteiger partial charge in [-0.25, -0.2) is 8.42 Å². The van der Waals surface area contributed by atoms with Gasteiger partial charge in [0.05, 0.1) is 12.3 Å². The number of thiophene rings is 1. The molecule has 0 spiro atoms. The second kappa shape index (κ2) is 5.71. The number of aryl methyl sites for hydroxylation is 2. The maximum Gasteiger partial charge on any atom is 0.184 e. The summed E-state index contributed by atoms with van der Waals surface area (Å²) in [5.41, 5.74) is 6.93. The summed E-state index contributed by atoms with van der Waals surface area (Å²) in [7, 11) is -3.36. The third-order valence-electron chi connectivity index (χ3n) is 3.01. The summed E-state index contributed by atoms with van der Waals surface area (Å²) in [4.78, 5) is 2.56. The summed E-state index contributed by atoms with van der Waals surface area (Å²) in [6.07, 6.45) is 0. The van der Waals surface area contributed by atoms with Gasteiger partial charge < -0.3 is 11.1 Å². The molecule has 8 heteroatoms. The Morgan fingerprint density at radius 1 is 1.40 bits per heavy atom. The molecule has 0 aliphatic rings. The lowest BCUT2D eigenvalue weighted by molar-refractivity contribution is 0.598. The van der Waals surface area contributed by atoms with E-state index in [2.05, 4.69) is 29.6 Å². The van der Waals surface area contributed by atoms with Crippen LogP contribution in [0.25, 0.3) is 0 Å². The van der Waals surface area contributed by atoms with Crippen LogP contribution >= 0.6 is 22.9 Å². The Morgan fingerprint density at radius 3 is 2.65 bits per heavy atom. The number of aromatic nitrogens is 1. The van der Waals surface area contributed by atoms with Gasteiger partial charge in [0.2, 0.25) is 0 Å². The van der Waals surface area contributed by atoms with Crippen molar-refractivity contribution in [2.75, 3.05) is 16.8 Å². The van der Waals surface area contributed by atoms with Gasteiger partial charge in [-0.2, -0.15) is 4.37 Å². The van der Waals surface area contributed by atoms with Crippen LogP contribution in [0.2, 0.25) is 0 Å². The van der Waals surface area contributed by atoms with Crippen LogP contribution in [0.1, 0.15) is 22.2 Å². The van der Waals surface area contributed by atoms with Gasteiger partial charge in [-0.1, -0.05) is 6.92 Å². The van der Waals surface area contributed by atoms with Gasteiger partial charge >= 0.3 is 0 Å². The Kier molecular flexibility index (Phi) is 4.36. The third-order valence-corrected chi connectivity index (χ3v) is 6.90. The lowest BCUT2D eigenvalue weighted by Gasteiger charge is -2.05. The quantitative estimate of drug-likeness (QED) is 0.880. The van der Waals surface area contributed by atoms with Crippen molar-refractivity contribution < 1.29 is 8.42 Å². The van der Waals surface area contributed by atoms with Crippen molar-refractivity contribution in [3.8, 4) is 0 Å². The van der Waals surface area contributed by atoms with Gasteiger partial charge in [0, 0.05) is 9.75 Å². The Hall–Kier alpha value is -1.12. The first-order valence-corrected chi connectivity index (χ1v) is 9.37. The summed E-state index contributed by atoms with van der Waals surface area (Å²) >= 11 is 2.79. The van der Waals surface area contributed by atoms with Crippen LogP contribution in [0.5, 0.6) is 0 Å². The van der Waals surface area contributed by atoms with E-state index in [0.29, 0.717) is 11.5 Å². The van der Waals surface area contributed by atoms with Gasteiger partial charge in [0.15, 0.2) is 15.7 Å². The smallest absolute Gasteiger partial charge is 0.184 e. The highest BCUT2D eigenvalue weighted by molar-refractivity contribution is 7.91. The van der Waals surface area contributed by atoms with Gasteiger partial charge in [-0.15, -0.1) is 11.3 Å². The second-order valence-electron chi connectivity index (χ2n) is 4.43. The first-order chi connectivity index (χ1) is 9.35. The molecule has 0 saturated carbocycles. The van der Waals surface area contributed by atoms with Gasteiger partial charge in [0.25, 0.3) is 0 Å². The maximum absolute atomic E-state index is 12.0. The predicted octanol–water partition coefficient (Wildman–Crippen LogP) is 2.81. The number of nitrogens with one attached hydrogen (secondary N) is 1. The molecule has 3 N–H and O–H groups in total. The molecule has 0 radical (unpaired) electrons. The minimum absolute atomic E-state index is 0.0154. The lowest BCUT2D eigenvalue weighted by atomic mass is 10.3. The molecule has 110 valence electrons. The highest BCUT2D eigenvalue weighted by Crippen LogP contribution is 2.33. The SMILES string of the molecule is CCS(=O)(=O)c1c(N)nsc1NCc1cc(C)c(C)s1. The first-order valence-electron chi connectivity index (χ1n) is 6.12. The molecule has 0 aliphatic carbocycles. The van der Waals surface area contributed by atoms with Crippen LogP contribution in [0.15, 0.2) is 11.0 Å². The number of rotatable bonds is 5. The van der Waals surface area contributed by atoms with E-state index in [1.54, 1.807) is 18.3 Å². The van der Waals surface area contributed by atoms with E-state index in [4.69, 9.17) is 5.73 Å². The maximum atomic E-state index is 12.0. The average Bonchev–Trinajstić information content (AvgIpc) is 2.91. The Morgan fingerprint density at radius 2 is 2.10 bits per heavy atom. The zero-order valence-corrected chi connectivity index (χ0v) is 14.0. The van der Waals surface area contributed by atoms with Crippen molar-refractivity contribution in [1.82, 2.24) is 4.37 Å². The number of nitrogen functional groups attached to an aromatic ring is 1. The van der Waals surface area contributed by atoms with E-state index in [0.717, 1.165) is 16.4 Å². The molecular weight excluding hydrogens is 314 g/mol. The molecular formula is C12H17N3O2S3. The van der Waals surface area contributed by atoms with Crippen molar-refractivity contribution in [2.45, 2.75) is 32.2 Å². The summed E-state index contributed by atoms with van der Waals surface area (Å²) in [5.74, 6) is 0.0968. The molecule has 2 aromatic rings. The number of anilines is 2. The summed E-state index contributed by atoms with van der Waals surface area (Å²) in [5, 5.41) is 3.66. The summed E-state index contributed by atoms with van der Waals surface area (Å²) in [6.45, 7) is 6.31. The third kappa shape index (κ3) is 2.97. The molecule has 0 aliphatic heterocycles. The van der Waals surface area contributed by atoms with Gasteiger partial charge in [-0.05, 0) is 37.0 Å². The van der Waals surface area contributed by atoms with Crippen LogP contribution in [0.3, 0.4) is 0 Å². The minimum atomic E-state index is -3.36. The van der Waals surface area contributed by atoms with Crippen molar-refractivity contribution >= 4 is 43.5 Å². The molecule has 2 heterocycles. The van der Waals surface area contributed by atoms with E-state index in [9.17, 15) is 8.42 Å².